The van der Waals surface area contributed by atoms with Gasteiger partial charge in [0.25, 0.3) is 0 Å². The SMILES string of the molecule is CCNC(C)c1nnnn1-c1cccc2cc(Br)cnc12. The first-order chi connectivity index (χ1) is 10.2. The average molecular weight is 347 g/mol. The molecule has 2 aromatic heterocycles. The van der Waals surface area contributed by atoms with Crippen molar-refractivity contribution in [2.75, 3.05) is 6.54 Å². The monoisotopic (exact) mass is 346 g/mol. The van der Waals surface area contributed by atoms with Crippen LogP contribution in [0.5, 0.6) is 0 Å². The molecule has 21 heavy (non-hydrogen) atoms. The molecule has 7 heteroatoms. The van der Waals surface area contributed by atoms with E-state index in [1.807, 2.05) is 31.2 Å². The predicted molar refractivity (Wildman–Crippen MR) is 84.2 cm³/mol. The summed E-state index contributed by atoms with van der Waals surface area (Å²) in [6.07, 6.45) is 1.78. The molecule has 0 aliphatic heterocycles. The van der Waals surface area contributed by atoms with E-state index >= 15 is 0 Å². The zero-order valence-corrected chi connectivity index (χ0v) is 13.4. The lowest BCUT2D eigenvalue weighted by Gasteiger charge is -2.13. The number of nitrogens with one attached hydrogen (secondary N) is 1. The summed E-state index contributed by atoms with van der Waals surface area (Å²) >= 11 is 3.44. The van der Waals surface area contributed by atoms with Crippen LogP contribution in [0.15, 0.2) is 34.9 Å². The molecule has 1 aromatic carbocycles. The zero-order valence-electron chi connectivity index (χ0n) is 11.8. The summed E-state index contributed by atoms with van der Waals surface area (Å²) in [6, 6.07) is 8.07. The van der Waals surface area contributed by atoms with Gasteiger partial charge in [0.05, 0.1) is 17.2 Å². The normalized spacial score (nSPS) is 12.7. The fourth-order valence-corrected chi connectivity index (χ4v) is 2.67. The summed E-state index contributed by atoms with van der Waals surface area (Å²) in [7, 11) is 0. The number of fused-ring (bicyclic) bond motifs is 1. The maximum Gasteiger partial charge on any atom is 0.173 e. The summed E-state index contributed by atoms with van der Waals surface area (Å²) in [6.45, 7) is 4.96. The molecular weight excluding hydrogens is 332 g/mol. The Bertz CT molecular complexity index is 769. The topological polar surface area (TPSA) is 68.5 Å². The number of aromatic nitrogens is 5. The molecule has 0 bridgehead atoms. The highest BCUT2D eigenvalue weighted by molar-refractivity contribution is 9.10. The van der Waals surface area contributed by atoms with Gasteiger partial charge >= 0.3 is 0 Å². The summed E-state index contributed by atoms with van der Waals surface area (Å²) in [5, 5.41) is 16.4. The molecule has 1 unspecified atom stereocenters. The van der Waals surface area contributed by atoms with Gasteiger partial charge in [0.2, 0.25) is 0 Å². The summed E-state index contributed by atoms with van der Waals surface area (Å²) in [5.74, 6) is 0.772. The Labute approximate surface area is 130 Å². The van der Waals surface area contributed by atoms with Crippen LogP contribution in [0.1, 0.15) is 25.7 Å². The molecule has 0 aliphatic rings. The second kappa shape index (κ2) is 5.87. The lowest BCUT2D eigenvalue weighted by Crippen LogP contribution is -2.21. The molecular formula is C14H15BrN6. The highest BCUT2D eigenvalue weighted by Gasteiger charge is 2.16. The Morgan fingerprint density at radius 2 is 2.24 bits per heavy atom. The predicted octanol–water partition coefficient (Wildman–Crippen LogP) is 2.64. The minimum absolute atomic E-state index is 0.0655. The van der Waals surface area contributed by atoms with E-state index in [0.717, 1.165) is 33.4 Å². The van der Waals surface area contributed by atoms with Crippen molar-refractivity contribution in [3.05, 3.63) is 40.8 Å². The second-order valence-electron chi connectivity index (χ2n) is 4.73. The van der Waals surface area contributed by atoms with Crippen LogP contribution in [0, 0.1) is 0 Å². The van der Waals surface area contributed by atoms with Crippen molar-refractivity contribution in [1.82, 2.24) is 30.5 Å². The van der Waals surface area contributed by atoms with E-state index in [0.29, 0.717) is 0 Å². The van der Waals surface area contributed by atoms with Crippen LogP contribution >= 0.6 is 15.9 Å². The Kier molecular flexibility index (Phi) is 3.94. The first-order valence-electron chi connectivity index (χ1n) is 6.77. The van der Waals surface area contributed by atoms with E-state index in [9.17, 15) is 0 Å². The smallest absolute Gasteiger partial charge is 0.173 e. The van der Waals surface area contributed by atoms with Gasteiger partial charge in [0, 0.05) is 16.1 Å². The quantitative estimate of drug-likeness (QED) is 0.786. The fourth-order valence-electron chi connectivity index (χ4n) is 2.32. The van der Waals surface area contributed by atoms with Gasteiger partial charge in [-0.2, -0.15) is 4.68 Å². The third-order valence-electron chi connectivity index (χ3n) is 3.28. The van der Waals surface area contributed by atoms with Crippen LogP contribution in [0.25, 0.3) is 16.6 Å². The number of para-hydroxylation sites is 1. The molecule has 108 valence electrons. The average Bonchev–Trinajstić information content (AvgIpc) is 2.95. The van der Waals surface area contributed by atoms with Gasteiger partial charge in [-0.3, -0.25) is 4.98 Å². The van der Waals surface area contributed by atoms with Crippen molar-refractivity contribution in [3.8, 4) is 5.69 Å². The highest BCUT2D eigenvalue weighted by Crippen LogP contribution is 2.24. The molecule has 0 saturated heterocycles. The van der Waals surface area contributed by atoms with E-state index in [-0.39, 0.29) is 6.04 Å². The summed E-state index contributed by atoms with van der Waals surface area (Å²) < 4.78 is 2.70. The Morgan fingerprint density at radius 1 is 1.38 bits per heavy atom. The van der Waals surface area contributed by atoms with Crippen molar-refractivity contribution in [3.63, 3.8) is 0 Å². The maximum atomic E-state index is 4.50. The van der Waals surface area contributed by atoms with Gasteiger partial charge in [-0.1, -0.05) is 19.1 Å². The number of pyridine rings is 1. The Morgan fingerprint density at radius 3 is 3.05 bits per heavy atom. The number of tetrazole rings is 1. The molecule has 3 rings (SSSR count). The minimum atomic E-state index is 0.0655. The largest absolute Gasteiger partial charge is 0.308 e. The van der Waals surface area contributed by atoms with Crippen molar-refractivity contribution < 1.29 is 0 Å². The lowest BCUT2D eigenvalue weighted by molar-refractivity contribution is 0.551. The molecule has 0 saturated carbocycles. The van der Waals surface area contributed by atoms with Crippen LogP contribution in [0.2, 0.25) is 0 Å². The number of benzene rings is 1. The number of hydrogen-bond acceptors (Lipinski definition) is 5. The first-order valence-corrected chi connectivity index (χ1v) is 7.56. The highest BCUT2D eigenvalue weighted by atomic mass is 79.9. The van der Waals surface area contributed by atoms with Gasteiger partial charge in [0.1, 0.15) is 0 Å². The summed E-state index contributed by atoms with van der Waals surface area (Å²) in [5.41, 5.74) is 1.75. The summed E-state index contributed by atoms with van der Waals surface area (Å²) in [4.78, 5) is 4.50. The molecule has 0 aliphatic carbocycles. The zero-order chi connectivity index (χ0) is 14.8. The van der Waals surface area contributed by atoms with Crippen molar-refractivity contribution >= 4 is 26.8 Å². The lowest BCUT2D eigenvalue weighted by atomic mass is 10.2. The molecule has 3 aromatic rings. The number of rotatable bonds is 4. The van der Waals surface area contributed by atoms with E-state index in [2.05, 4.69) is 48.7 Å². The minimum Gasteiger partial charge on any atom is -0.308 e. The number of hydrogen-bond donors (Lipinski definition) is 1. The van der Waals surface area contributed by atoms with E-state index < -0.39 is 0 Å². The second-order valence-corrected chi connectivity index (χ2v) is 5.65. The van der Waals surface area contributed by atoms with Crippen LogP contribution in [0.4, 0.5) is 0 Å². The Balaban J connectivity index is 2.15. The van der Waals surface area contributed by atoms with E-state index in [4.69, 9.17) is 0 Å². The van der Waals surface area contributed by atoms with Gasteiger partial charge in [-0.05, 0) is 52.0 Å². The maximum absolute atomic E-state index is 4.50. The number of nitrogens with zero attached hydrogens (tertiary/aromatic N) is 5. The van der Waals surface area contributed by atoms with Gasteiger partial charge in [-0.15, -0.1) is 5.10 Å². The van der Waals surface area contributed by atoms with Gasteiger partial charge in [0.15, 0.2) is 5.82 Å². The third-order valence-corrected chi connectivity index (χ3v) is 3.71. The van der Waals surface area contributed by atoms with Gasteiger partial charge in [-0.25, -0.2) is 0 Å². The standard InChI is InChI=1S/C14H15BrN6/c1-3-16-9(2)14-18-19-20-21(14)12-6-4-5-10-7-11(15)8-17-13(10)12/h4-9,16H,3H2,1-2H3. The molecule has 1 atom stereocenters. The molecule has 0 amide bonds. The Hall–Kier alpha value is -1.86. The molecule has 6 nitrogen and oxygen atoms in total. The fraction of sp³-hybridized carbons (Fsp3) is 0.286. The molecule has 0 fully saturated rings. The van der Waals surface area contributed by atoms with Crippen LogP contribution in [0.3, 0.4) is 0 Å². The molecule has 1 N–H and O–H groups in total. The van der Waals surface area contributed by atoms with E-state index in [1.54, 1.807) is 10.9 Å². The molecule has 0 radical (unpaired) electrons. The van der Waals surface area contributed by atoms with Crippen molar-refractivity contribution in [2.45, 2.75) is 19.9 Å². The van der Waals surface area contributed by atoms with Gasteiger partial charge < -0.3 is 5.32 Å². The van der Waals surface area contributed by atoms with Crippen LogP contribution in [-0.4, -0.2) is 31.7 Å². The first kappa shape index (κ1) is 14.1. The number of halogens is 1. The van der Waals surface area contributed by atoms with E-state index in [1.165, 1.54) is 0 Å². The van der Waals surface area contributed by atoms with Crippen molar-refractivity contribution in [1.29, 1.82) is 0 Å². The molecule has 0 spiro atoms. The van der Waals surface area contributed by atoms with Crippen LogP contribution < -0.4 is 5.32 Å². The van der Waals surface area contributed by atoms with Crippen molar-refractivity contribution in [2.24, 2.45) is 0 Å². The molecule has 2 heterocycles. The third kappa shape index (κ3) is 2.66. The van der Waals surface area contributed by atoms with Crippen LogP contribution in [-0.2, 0) is 0 Å².